The van der Waals surface area contributed by atoms with Crippen molar-refractivity contribution in [2.45, 2.75) is 33.4 Å². The average molecular weight is 294 g/mol. The minimum atomic E-state index is 0.389. The molecule has 0 amide bonds. The van der Waals surface area contributed by atoms with Gasteiger partial charge in [0.15, 0.2) is 0 Å². The van der Waals surface area contributed by atoms with E-state index in [0.29, 0.717) is 18.2 Å². The van der Waals surface area contributed by atoms with Gasteiger partial charge in [-0.25, -0.2) is 0 Å². The number of aryl methyl sites for hydroxylation is 3. The number of rotatable bonds is 5. The summed E-state index contributed by atoms with van der Waals surface area (Å²) in [6, 6.07) is 5.97. The topological polar surface area (TPSA) is 53.1 Å². The quantitative estimate of drug-likeness (QED) is 0.922. The Balaban J connectivity index is 2.23. The SMILES string of the molecule is CCc1nn(C)c(COc2c(C)cccc2CN)c1Cl. The summed E-state index contributed by atoms with van der Waals surface area (Å²) in [6.07, 6.45) is 0.811. The Bertz CT molecular complexity index is 607. The van der Waals surface area contributed by atoms with Gasteiger partial charge in [0.2, 0.25) is 0 Å². The van der Waals surface area contributed by atoms with Gasteiger partial charge in [0.25, 0.3) is 0 Å². The largest absolute Gasteiger partial charge is 0.487 e. The second-order valence-corrected chi connectivity index (χ2v) is 5.12. The summed E-state index contributed by atoms with van der Waals surface area (Å²) in [5.74, 6) is 0.838. The van der Waals surface area contributed by atoms with Crippen LogP contribution >= 0.6 is 11.6 Å². The van der Waals surface area contributed by atoms with Crippen LogP contribution in [-0.4, -0.2) is 9.78 Å². The van der Waals surface area contributed by atoms with E-state index >= 15 is 0 Å². The molecule has 0 radical (unpaired) electrons. The van der Waals surface area contributed by atoms with Crippen molar-refractivity contribution in [3.05, 3.63) is 45.7 Å². The van der Waals surface area contributed by atoms with Crippen LogP contribution in [0.25, 0.3) is 0 Å². The molecule has 5 heteroatoms. The molecule has 0 unspecified atom stereocenters. The van der Waals surface area contributed by atoms with Crippen molar-refractivity contribution in [2.75, 3.05) is 0 Å². The first kappa shape index (κ1) is 14.9. The number of hydrogen-bond donors (Lipinski definition) is 1. The Hall–Kier alpha value is -1.52. The maximum atomic E-state index is 6.32. The third-order valence-electron chi connectivity index (χ3n) is 3.37. The number of hydrogen-bond acceptors (Lipinski definition) is 3. The van der Waals surface area contributed by atoms with Crippen LogP contribution in [0, 0.1) is 6.92 Å². The number of nitrogens with two attached hydrogens (primary N) is 1. The maximum absolute atomic E-state index is 6.32. The fourth-order valence-electron chi connectivity index (χ4n) is 2.20. The summed E-state index contributed by atoms with van der Waals surface area (Å²) in [5.41, 5.74) is 9.60. The molecule has 0 saturated carbocycles. The van der Waals surface area contributed by atoms with Crippen molar-refractivity contribution in [3.8, 4) is 5.75 Å². The highest BCUT2D eigenvalue weighted by Gasteiger charge is 2.14. The lowest BCUT2D eigenvalue weighted by molar-refractivity contribution is 0.290. The lowest BCUT2D eigenvalue weighted by Crippen LogP contribution is -2.07. The summed E-state index contributed by atoms with van der Waals surface area (Å²) in [7, 11) is 1.88. The van der Waals surface area contributed by atoms with Crippen LogP contribution in [-0.2, 0) is 26.6 Å². The summed E-state index contributed by atoms with van der Waals surface area (Å²) in [4.78, 5) is 0. The van der Waals surface area contributed by atoms with E-state index in [1.807, 2.05) is 39.1 Å². The molecule has 0 fully saturated rings. The molecule has 1 aromatic carbocycles. The molecule has 2 rings (SSSR count). The van der Waals surface area contributed by atoms with Crippen LogP contribution in [0.15, 0.2) is 18.2 Å². The van der Waals surface area contributed by atoms with E-state index in [-0.39, 0.29) is 0 Å². The van der Waals surface area contributed by atoms with Gasteiger partial charge in [-0.2, -0.15) is 5.10 Å². The van der Waals surface area contributed by atoms with Gasteiger partial charge in [-0.05, 0) is 18.9 Å². The minimum Gasteiger partial charge on any atom is -0.487 e. The van der Waals surface area contributed by atoms with Crippen molar-refractivity contribution in [1.29, 1.82) is 0 Å². The van der Waals surface area contributed by atoms with Crippen LogP contribution in [0.1, 0.15) is 29.4 Å². The molecule has 0 aliphatic heterocycles. The Morgan fingerprint density at radius 2 is 2.15 bits per heavy atom. The first-order valence-corrected chi connectivity index (χ1v) is 7.07. The molecule has 2 N–H and O–H groups in total. The molecule has 0 saturated heterocycles. The molecule has 0 aliphatic rings. The van der Waals surface area contributed by atoms with Gasteiger partial charge in [0.1, 0.15) is 12.4 Å². The summed E-state index contributed by atoms with van der Waals surface area (Å²) in [5, 5.41) is 5.08. The number of para-hydroxylation sites is 1. The fourth-order valence-corrected chi connectivity index (χ4v) is 2.55. The number of halogens is 1. The Kier molecular flexibility index (Phi) is 4.68. The van der Waals surface area contributed by atoms with Crippen molar-refractivity contribution < 1.29 is 4.74 Å². The second kappa shape index (κ2) is 6.29. The van der Waals surface area contributed by atoms with Gasteiger partial charge in [-0.1, -0.05) is 36.7 Å². The van der Waals surface area contributed by atoms with Gasteiger partial charge < -0.3 is 10.5 Å². The maximum Gasteiger partial charge on any atom is 0.131 e. The van der Waals surface area contributed by atoms with Crippen molar-refractivity contribution in [3.63, 3.8) is 0 Å². The number of ether oxygens (including phenoxy) is 1. The Labute approximate surface area is 124 Å². The zero-order valence-corrected chi connectivity index (χ0v) is 12.9. The standard InChI is InChI=1S/C15H20ClN3O/c1-4-12-14(16)13(19(3)18-12)9-20-15-10(2)6-5-7-11(15)8-17/h5-7H,4,8-9,17H2,1-3H3. The van der Waals surface area contributed by atoms with Crippen LogP contribution < -0.4 is 10.5 Å². The zero-order valence-electron chi connectivity index (χ0n) is 12.1. The van der Waals surface area contributed by atoms with E-state index in [4.69, 9.17) is 22.1 Å². The van der Waals surface area contributed by atoms with E-state index in [9.17, 15) is 0 Å². The lowest BCUT2D eigenvalue weighted by atomic mass is 10.1. The van der Waals surface area contributed by atoms with Crippen molar-refractivity contribution in [2.24, 2.45) is 12.8 Å². The van der Waals surface area contributed by atoms with Crippen LogP contribution in [0.2, 0.25) is 5.02 Å². The van der Waals surface area contributed by atoms with Crippen LogP contribution in [0.3, 0.4) is 0 Å². The number of benzene rings is 1. The van der Waals surface area contributed by atoms with Gasteiger partial charge in [0, 0.05) is 19.2 Å². The highest BCUT2D eigenvalue weighted by Crippen LogP contribution is 2.26. The van der Waals surface area contributed by atoms with Crippen LogP contribution in [0.4, 0.5) is 0 Å². The number of nitrogens with zero attached hydrogens (tertiary/aromatic N) is 2. The van der Waals surface area contributed by atoms with E-state index in [1.54, 1.807) is 4.68 Å². The second-order valence-electron chi connectivity index (χ2n) is 4.74. The van der Waals surface area contributed by atoms with Crippen molar-refractivity contribution >= 4 is 11.6 Å². The summed E-state index contributed by atoms with van der Waals surface area (Å²) in [6.45, 7) is 4.89. The highest BCUT2D eigenvalue weighted by molar-refractivity contribution is 6.31. The zero-order chi connectivity index (χ0) is 14.7. The molecule has 2 aromatic rings. The molecule has 20 heavy (non-hydrogen) atoms. The molecule has 0 spiro atoms. The normalized spacial score (nSPS) is 10.8. The lowest BCUT2D eigenvalue weighted by Gasteiger charge is -2.13. The molecule has 1 aromatic heterocycles. The predicted molar refractivity (Wildman–Crippen MR) is 81.0 cm³/mol. The molecule has 108 valence electrons. The Morgan fingerprint density at radius 1 is 1.40 bits per heavy atom. The molecule has 0 aliphatic carbocycles. The smallest absolute Gasteiger partial charge is 0.131 e. The molecule has 4 nitrogen and oxygen atoms in total. The average Bonchev–Trinajstić information content (AvgIpc) is 2.72. The number of aromatic nitrogens is 2. The molecule has 1 heterocycles. The molecular formula is C15H20ClN3O. The summed E-state index contributed by atoms with van der Waals surface area (Å²) < 4.78 is 7.72. The van der Waals surface area contributed by atoms with Gasteiger partial charge in [-0.3, -0.25) is 4.68 Å². The molecule has 0 atom stereocenters. The van der Waals surface area contributed by atoms with Gasteiger partial charge >= 0.3 is 0 Å². The Morgan fingerprint density at radius 3 is 2.75 bits per heavy atom. The van der Waals surface area contributed by atoms with E-state index < -0.39 is 0 Å². The molecular weight excluding hydrogens is 274 g/mol. The highest BCUT2D eigenvalue weighted by atomic mass is 35.5. The van der Waals surface area contributed by atoms with E-state index in [2.05, 4.69) is 5.10 Å². The third-order valence-corrected chi connectivity index (χ3v) is 3.81. The molecule has 0 bridgehead atoms. The monoisotopic (exact) mass is 293 g/mol. The van der Waals surface area contributed by atoms with Crippen molar-refractivity contribution in [1.82, 2.24) is 9.78 Å². The summed E-state index contributed by atoms with van der Waals surface area (Å²) >= 11 is 6.32. The van der Waals surface area contributed by atoms with E-state index in [0.717, 1.165) is 34.7 Å². The first-order chi connectivity index (χ1) is 9.58. The van der Waals surface area contributed by atoms with Crippen LogP contribution in [0.5, 0.6) is 5.75 Å². The minimum absolute atomic E-state index is 0.389. The third kappa shape index (κ3) is 2.81. The fraction of sp³-hybridized carbons (Fsp3) is 0.400. The predicted octanol–water partition coefficient (Wildman–Crippen LogP) is 2.98. The van der Waals surface area contributed by atoms with Gasteiger partial charge in [0.05, 0.1) is 16.4 Å². The first-order valence-electron chi connectivity index (χ1n) is 6.70. The van der Waals surface area contributed by atoms with E-state index in [1.165, 1.54) is 0 Å². The van der Waals surface area contributed by atoms with Gasteiger partial charge in [-0.15, -0.1) is 0 Å².